The molecule has 1 aliphatic heterocycles. The Morgan fingerprint density at radius 3 is 2.71 bits per heavy atom. The number of anilines is 1. The van der Waals surface area contributed by atoms with E-state index in [1.165, 1.54) is 0 Å². The molecule has 0 bridgehead atoms. The summed E-state index contributed by atoms with van der Waals surface area (Å²) in [5.74, 6) is -1.30. The fourth-order valence-electron chi connectivity index (χ4n) is 2.32. The first-order valence-corrected chi connectivity index (χ1v) is 5.67. The number of nitrogens with zero attached hydrogens (tertiary/aromatic N) is 1. The van der Waals surface area contributed by atoms with E-state index in [0.29, 0.717) is 13.1 Å². The van der Waals surface area contributed by atoms with Gasteiger partial charge in [-0.25, -0.2) is 0 Å². The van der Waals surface area contributed by atoms with Crippen LogP contribution in [0.15, 0.2) is 24.3 Å². The number of hydrogen-bond acceptors (Lipinski definition) is 3. The topological polar surface area (TPSA) is 60.8 Å². The van der Waals surface area contributed by atoms with Gasteiger partial charge in [-0.05, 0) is 25.5 Å². The summed E-state index contributed by atoms with van der Waals surface area (Å²) in [5.41, 5.74) is 0.923. The number of rotatable bonds is 3. The molecule has 1 aromatic rings. The molecule has 0 amide bonds. The van der Waals surface area contributed by atoms with Crippen molar-refractivity contribution in [1.82, 2.24) is 0 Å². The molecule has 17 heavy (non-hydrogen) atoms. The number of benzene rings is 1. The van der Waals surface area contributed by atoms with Gasteiger partial charge in [-0.3, -0.25) is 4.79 Å². The lowest BCUT2D eigenvalue weighted by molar-refractivity contribution is -0.138. The SMILES string of the molecule is CC(C)(O)CN1CC(C(=O)O)c2ccccc21. The lowest BCUT2D eigenvalue weighted by Crippen LogP contribution is -2.38. The van der Waals surface area contributed by atoms with Gasteiger partial charge in [0.2, 0.25) is 0 Å². The van der Waals surface area contributed by atoms with Crippen LogP contribution in [0.2, 0.25) is 0 Å². The standard InChI is InChI=1S/C13H17NO3/c1-13(2,17)8-14-7-10(12(15)16)9-5-3-4-6-11(9)14/h3-6,10,17H,7-8H2,1-2H3,(H,15,16). The number of aliphatic carboxylic acids is 1. The minimum Gasteiger partial charge on any atom is -0.481 e. The molecule has 92 valence electrons. The Balaban J connectivity index is 2.32. The second-order valence-electron chi connectivity index (χ2n) is 5.14. The normalized spacial score (nSPS) is 19.2. The molecule has 1 aliphatic rings. The molecule has 1 aromatic carbocycles. The Kier molecular flexibility index (Phi) is 2.83. The van der Waals surface area contributed by atoms with E-state index >= 15 is 0 Å². The number of hydrogen-bond donors (Lipinski definition) is 2. The number of para-hydroxylation sites is 1. The van der Waals surface area contributed by atoms with E-state index in [2.05, 4.69) is 0 Å². The second-order valence-corrected chi connectivity index (χ2v) is 5.14. The van der Waals surface area contributed by atoms with Crippen LogP contribution in [-0.2, 0) is 4.79 Å². The monoisotopic (exact) mass is 235 g/mol. The molecule has 4 nitrogen and oxygen atoms in total. The predicted octanol–water partition coefficient (Wildman–Crippen LogP) is 1.45. The zero-order valence-corrected chi connectivity index (χ0v) is 10.1. The molecule has 0 radical (unpaired) electrons. The number of carboxylic acids is 1. The number of carbonyl (C=O) groups is 1. The number of fused-ring (bicyclic) bond motifs is 1. The van der Waals surface area contributed by atoms with Crippen molar-refractivity contribution in [2.24, 2.45) is 0 Å². The second kappa shape index (κ2) is 4.04. The van der Waals surface area contributed by atoms with E-state index in [1.54, 1.807) is 13.8 Å². The summed E-state index contributed by atoms with van der Waals surface area (Å²) in [6.45, 7) is 4.32. The Labute approximate surface area is 100 Å². The van der Waals surface area contributed by atoms with Gasteiger partial charge >= 0.3 is 5.97 Å². The smallest absolute Gasteiger partial charge is 0.312 e. The van der Waals surface area contributed by atoms with Crippen LogP contribution in [0.5, 0.6) is 0 Å². The third-order valence-electron chi connectivity index (χ3n) is 2.93. The quantitative estimate of drug-likeness (QED) is 0.832. The molecule has 2 N–H and O–H groups in total. The van der Waals surface area contributed by atoms with E-state index in [9.17, 15) is 15.0 Å². The number of carboxylic acid groups (broad SMARTS) is 1. The first-order chi connectivity index (χ1) is 7.88. The van der Waals surface area contributed by atoms with Gasteiger partial charge in [0.25, 0.3) is 0 Å². The highest BCUT2D eigenvalue weighted by molar-refractivity contribution is 5.83. The van der Waals surface area contributed by atoms with E-state index in [1.807, 2.05) is 29.2 Å². The predicted molar refractivity (Wildman–Crippen MR) is 65.3 cm³/mol. The zero-order chi connectivity index (χ0) is 12.6. The molecular formula is C13H17NO3. The highest BCUT2D eigenvalue weighted by Crippen LogP contribution is 2.36. The van der Waals surface area contributed by atoms with Crippen molar-refractivity contribution in [3.63, 3.8) is 0 Å². The van der Waals surface area contributed by atoms with Gasteiger partial charge in [0.15, 0.2) is 0 Å². The van der Waals surface area contributed by atoms with Gasteiger partial charge in [-0.15, -0.1) is 0 Å². The molecule has 1 heterocycles. The van der Waals surface area contributed by atoms with Gasteiger partial charge in [-0.1, -0.05) is 18.2 Å². The van der Waals surface area contributed by atoms with Crippen molar-refractivity contribution in [3.8, 4) is 0 Å². The van der Waals surface area contributed by atoms with Crippen LogP contribution in [0.3, 0.4) is 0 Å². The van der Waals surface area contributed by atoms with Crippen LogP contribution in [-0.4, -0.2) is 34.9 Å². The molecular weight excluding hydrogens is 218 g/mol. The van der Waals surface area contributed by atoms with Gasteiger partial charge in [0.05, 0.1) is 5.60 Å². The summed E-state index contributed by atoms with van der Waals surface area (Å²) in [5, 5.41) is 19.0. The van der Waals surface area contributed by atoms with Gasteiger partial charge in [0.1, 0.15) is 5.92 Å². The highest BCUT2D eigenvalue weighted by atomic mass is 16.4. The summed E-state index contributed by atoms with van der Waals surface area (Å²) >= 11 is 0. The fourth-order valence-corrected chi connectivity index (χ4v) is 2.32. The molecule has 0 aromatic heterocycles. The zero-order valence-electron chi connectivity index (χ0n) is 10.1. The average Bonchev–Trinajstić information content (AvgIpc) is 2.55. The molecule has 1 unspecified atom stereocenters. The molecule has 0 aliphatic carbocycles. The van der Waals surface area contributed by atoms with Gasteiger partial charge in [0, 0.05) is 18.8 Å². The van der Waals surface area contributed by atoms with Gasteiger partial charge in [-0.2, -0.15) is 0 Å². The first-order valence-electron chi connectivity index (χ1n) is 5.67. The van der Waals surface area contributed by atoms with Crippen LogP contribution in [0.4, 0.5) is 5.69 Å². The molecule has 0 spiro atoms. The summed E-state index contributed by atoms with van der Waals surface area (Å²) in [6, 6.07) is 7.49. The molecule has 4 heteroatoms. The molecule has 0 saturated heterocycles. The maximum Gasteiger partial charge on any atom is 0.312 e. The van der Waals surface area contributed by atoms with Crippen LogP contribution in [0, 0.1) is 0 Å². The molecule has 0 saturated carbocycles. The van der Waals surface area contributed by atoms with Crippen LogP contribution in [0.1, 0.15) is 25.3 Å². The van der Waals surface area contributed by atoms with E-state index < -0.39 is 17.5 Å². The van der Waals surface area contributed by atoms with Crippen LogP contribution in [0.25, 0.3) is 0 Å². The number of β-amino-alcohol motifs (C(OH)–C–C–N with tert-alkyl or cyclic N) is 1. The lowest BCUT2D eigenvalue weighted by Gasteiger charge is -2.27. The van der Waals surface area contributed by atoms with Crippen LogP contribution < -0.4 is 4.90 Å². The minimum absolute atomic E-state index is 0.429. The van der Waals surface area contributed by atoms with Crippen molar-refractivity contribution >= 4 is 11.7 Å². The largest absolute Gasteiger partial charge is 0.481 e. The molecule has 0 fully saturated rings. The van der Waals surface area contributed by atoms with Crippen molar-refractivity contribution in [3.05, 3.63) is 29.8 Å². The Morgan fingerprint density at radius 1 is 1.47 bits per heavy atom. The Bertz CT molecular complexity index is 437. The number of aliphatic hydroxyl groups is 1. The third kappa shape index (κ3) is 2.42. The minimum atomic E-state index is -0.833. The summed E-state index contributed by atoms with van der Waals surface area (Å²) in [4.78, 5) is 13.1. The Morgan fingerprint density at radius 2 is 2.12 bits per heavy atom. The van der Waals surface area contributed by atoms with Gasteiger partial charge < -0.3 is 15.1 Å². The fraction of sp³-hybridized carbons (Fsp3) is 0.462. The van der Waals surface area contributed by atoms with E-state index in [-0.39, 0.29) is 0 Å². The average molecular weight is 235 g/mol. The summed E-state index contributed by atoms with van der Waals surface area (Å²) in [7, 11) is 0. The highest BCUT2D eigenvalue weighted by Gasteiger charge is 2.35. The van der Waals surface area contributed by atoms with Crippen molar-refractivity contribution in [2.45, 2.75) is 25.4 Å². The maximum absolute atomic E-state index is 11.2. The lowest BCUT2D eigenvalue weighted by atomic mass is 10.0. The van der Waals surface area contributed by atoms with E-state index in [0.717, 1.165) is 11.3 Å². The van der Waals surface area contributed by atoms with Crippen molar-refractivity contribution in [2.75, 3.05) is 18.0 Å². The molecule has 2 rings (SSSR count). The summed E-state index contributed by atoms with van der Waals surface area (Å²) in [6.07, 6.45) is 0. The molecule has 1 atom stereocenters. The van der Waals surface area contributed by atoms with Crippen LogP contribution >= 0.6 is 0 Å². The van der Waals surface area contributed by atoms with E-state index in [4.69, 9.17) is 0 Å². The third-order valence-corrected chi connectivity index (χ3v) is 2.93. The Hall–Kier alpha value is -1.55. The van der Waals surface area contributed by atoms with Crippen molar-refractivity contribution in [1.29, 1.82) is 0 Å². The summed E-state index contributed by atoms with van der Waals surface area (Å²) < 4.78 is 0. The maximum atomic E-state index is 11.2. The first kappa shape index (κ1) is 11.9. The van der Waals surface area contributed by atoms with Crippen molar-refractivity contribution < 1.29 is 15.0 Å².